The molecule has 0 saturated heterocycles. The van der Waals surface area contributed by atoms with Crippen LogP contribution in [-0.2, 0) is 4.74 Å². The van der Waals surface area contributed by atoms with E-state index in [1.165, 1.54) is 38.5 Å². The van der Waals surface area contributed by atoms with Crippen molar-refractivity contribution in [3.8, 4) is 0 Å². The van der Waals surface area contributed by atoms with E-state index >= 15 is 0 Å². The van der Waals surface area contributed by atoms with Crippen molar-refractivity contribution in [1.82, 2.24) is 0 Å². The molecule has 0 aliphatic carbocycles. The van der Waals surface area contributed by atoms with E-state index in [-0.39, 0.29) is 0 Å². The maximum atomic E-state index is 6.03. The van der Waals surface area contributed by atoms with Crippen LogP contribution in [0.15, 0.2) is 21.9 Å². The third-order valence-electron chi connectivity index (χ3n) is 4.81. The zero-order chi connectivity index (χ0) is 18.5. The standard InChI is InChI=1S/C9H17OSi.3C4H9.Sn/c1-5-7-10-8-6-9-11(2,3)4;3*1-3-4-2;/h5,9H,1,7-8H2,2-4H3;3*1,3-4H2,2H3;. The van der Waals surface area contributed by atoms with Crippen molar-refractivity contribution in [2.75, 3.05) is 13.2 Å². The topological polar surface area (TPSA) is 9.23 Å². The van der Waals surface area contributed by atoms with Crippen molar-refractivity contribution < 1.29 is 4.74 Å². The predicted molar refractivity (Wildman–Crippen MR) is 117 cm³/mol. The summed E-state index contributed by atoms with van der Waals surface area (Å²) in [6.45, 7) is 19.9. The van der Waals surface area contributed by atoms with E-state index in [4.69, 9.17) is 4.74 Å². The summed E-state index contributed by atoms with van der Waals surface area (Å²) in [6.07, 6.45) is 10.2. The molecule has 0 radical (unpaired) electrons. The number of rotatable bonds is 15. The van der Waals surface area contributed by atoms with Crippen LogP contribution in [0.2, 0.25) is 33.0 Å². The van der Waals surface area contributed by atoms with Crippen LogP contribution in [0.25, 0.3) is 0 Å². The van der Waals surface area contributed by atoms with Crippen LogP contribution < -0.4 is 0 Å². The fourth-order valence-electron chi connectivity index (χ4n) is 3.52. The zero-order valence-corrected chi connectivity index (χ0v) is 21.4. The summed E-state index contributed by atoms with van der Waals surface area (Å²) < 4.78 is 12.5. The van der Waals surface area contributed by atoms with Gasteiger partial charge in [-0.3, -0.25) is 0 Å². The second-order valence-electron chi connectivity index (χ2n) is 8.43. The van der Waals surface area contributed by atoms with Crippen molar-refractivity contribution in [2.24, 2.45) is 0 Å². The predicted octanol–water partition coefficient (Wildman–Crippen LogP) is 7.38. The van der Waals surface area contributed by atoms with Crippen LogP contribution in [0.1, 0.15) is 59.3 Å². The average molecular weight is 459 g/mol. The first kappa shape index (κ1) is 24.5. The van der Waals surface area contributed by atoms with Crippen LogP contribution >= 0.6 is 0 Å². The summed E-state index contributed by atoms with van der Waals surface area (Å²) in [7, 11) is -1.22. The molecule has 0 atom stereocenters. The molecule has 1 nitrogen and oxygen atoms in total. The van der Waals surface area contributed by atoms with Gasteiger partial charge >= 0.3 is 159 Å². The molecule has 0 heterocycles. The first-order chi connectivity index (χ1) is 11.3. The first-order valence-corrected chi connectivity index (χ1v) is 21.3. The van der Waals surface area contributed by atoms with E-state index in [9.17, 15) is 0 Å². The summed E-state index contributed by atoms with van der Waals surface area (Å²) in [5, 5.41) is 0. The van der Waals surface area contributed by atoms with Gasteiger partial charge in [-0.05, 0) is 0 Å². The van der Waals surface area contributed by atoms with Crippen LogP contribution in [0, 0.1) is 0 Å². The minimum atomic E-state index is -2.32. The Labute approximate surface area is 158 Å². The molecule has 0 N–H and O–H groups in total. The number of hydrogen-bond acceptors (Lipinski definition) is 1. The summed E-state index contributed by atoms with van der Waals surface area (Å²) in [5.41, 5.74) is 2.74. The fraction of sp³-hybridized carbons (Fsp3) is 0.810. The molecule has 0 unspecified atom stereocenters. The Balaban J connectivity index is 5.67. The second kappa shape index (κ2) is 13.6. The van der Waals surface area contributed by atoms with Crippen molar-refractivity contribution in [2.45, 2.75) is 92.2 Å². The van der Waals surface area contributed by atoms with Crippen molar-refractivity contribution in [3.05, 3.63) is 21.9 Å². The second-order valence-corrected chi connectivity index (χ2v) is 26.9. The molecule has 0 fully saturated rings. The van der Waals surface area contributed by atoms with Gasteiger partial charge in [0, 0.05) is 0 Å². The monoisotopic (exact) mass is 460 g/mol. The third kappa shape index (κ3) is 10.4. The zero-order valence-electron chi connectivity index (χ0n) is 17.5. The van der Waals surface area contributed by atoms with Gasteiger partial charge in [0.05, 0.1) is 0 Å². The molecule has 0 amide bonds. The first-order valence-electron chi connectivity index (χ1n) is 10.3. The number of hydrogen-bond donors (Lipinski definition) is 0. The van der Waals surface area contributed by atoms with E-state index in [1.54, 1.807) is 13.3 Å². The van der Waals surface area contributed by atoms with E-state index in [0.717, 1.165) is 6.61 Å². The molecule has 0 saturated carbocycles. The van der Waals surface area contributed by atoms with Crippen LogP contribution in [0.4, 0.5) is 0 Å². The Hall–Kier alpha value is 0.456. The van der Waals surface area contributed by atoms with Crippen molar-refractivity contribution in [1.29, 1.82) is 0 Å². The van der Waals surface area contributed by atoms with Crippen LogP contribution in [0.5, 0.6) is 0 Å². The number of ether oxygens (including phenoxy) is 1. The Morgan fingerprint density at radius 1 is 0.917 bits per heavy atom. The van der Waals surface area contributed by atoms with E-state index < -0.39 is 26.5 Å². The SMILES string of the molecule is C=CCOC/[C](=C\[Si](C)(C)C)[Sn]([CH2]CCC)([CH2]CCC)[CH2]CCC. The van der Waals surface area contributed by atoms with Gasteiger partial charge in [0.15, 0.2) is 0 Å². The molecule has 0 bridgehead atoms. The molecule has 0 aromatic heterocycles. The van der Waals surface area contributed by atoms with Gasteiger partial charge in [-0.25, -0.2) is 0 Å². The Morgan fingerprint density at radius 2 is 1.38 bits per heavy atom. The Morgan fingerprint density at radius 3 is 1.71 bits per heavy atom. The van der Waals surface area contributed by atoms with E-state index in [0.29, 0.717) is 6.61 Å². The fourth-order valence-corrected chi connectivity index (χ4v) is 26.2. The summed E-state index contributed by atoms with van der Waals surface area (Å²) in [4.78, 5) is 0. The van der Waals surface area contributed by atoms with Crippen LogP contribution in [0.3, 0.4) is 0 Å². The van der Waals surface area contributed by atoms with Crippen molar-refractivity contribution >= 4 is 26.5 Å². The summed E-state index contributed by atoms with van der Waals surface area (Å²) in [6, 6.07) is 0. The van der Waals surface area contributed by atoms with Gasteiger partial charge in [0.1, 0.15) is 0 Å². The molecule has 142 valence electrons. The summed E-state index contributed by atoms with van der Waals surface area (Å²) >= 11 is -2.32. The average Bonchev–Trinajstić information content (AvgIpc) is 2.53. The minimum absolute atomic E-state index is 0.695. The summed E-state index contributed by atoms with van der Waals surface area (Å²) in [5.74, 6) is 0. The normalized spacial score (nSPS) is 13.3. The Kier molecular flexibility index (Phi) is 13.9. The van der Waals surface area contributed by atoms with Crippen LogP contribution in [-0.4, -0.2) is 39.7 Å². The van der Waals surface area contributed by atoms with Gasteiger partial charge in [0.2, 0.25) is 0 Å². The van der Waals surface area contributed by atoms with Gasteiger partial charge < -0.3 is 0 Å². The third-order valence-corrected chi connectivity index (χ3v) is 22.8. The van der Waals surface area contributed by atoms with Gasteiger partial charge in [0.25, 0.3) is 0 Å². The van der Waals surface area contributed by atoms with Gasteiger partial charge in [-0.1, -0.05) is 0 Å². The molecule has 0 aliphatic rings. The van der Waals surface area contributed by atoms with E-state index in [1.807, 2.05) is 9.67 Å². The Bertz CT molecular complexity index is 336. The van der Waals surface area contributed by atoms with Gasteiger partial charge in [-0.15, -0.1) is 0 Å². The maximum absolute atomic E-state index is 6.03. The molecule has 0 rings (SSSR count). The number of unbranched alkanes of at least 4 members (excludes halogenated alkanes) is 3. The van der Waals surface area contributed by atoms with Gasteiger partial charge in [-0.2, -0.15) is 0 Å². The molecule has 0 aromatic carbocycles. The molecular formula is C21H44OSiSn. The van der Waals surface area contributed by atoms with E-state index in [2.05, 4.69) is 52.7 Å². The molecular weight excluding hydrogens is 415 g/mol. The molecule has 24 heavy (non-hydrogen) atoms. The van der Waals surface area contributed by atoms with Crippen molar-refractivity contribution in [3.63, 3.8) is 0 Å². The molecule has 0 aromatic rings. The molecule has 0 aliphatic heterocycles. The molecule has 0 spiro atoms. The quantitative estimate of drug-likeness (QED) is 0.141. The molecule has 3 heteroatoms.